The van der Waals surface area contributed by atoms with Gasteiger partial charge in [-0.3, -0.25) is 9.48 Å². The zero-order chi connectivity index (χ0) is 27.0. The van der Waals surface area contributed by atoms with Crippen molar-refractivity contribution in [2.75, 3.05) is 11.9 Å². The Balaban J connectivity index is 1.45. The number of urea groups is 1. The fourth-order valence-corrected chi connectivity index (χ4v) is 5.90. The van der Waals surface area contributed by atoms with Crippen LogP contribution in [0.2, 0.25) is 6.32 Å². The molecule has 11 nitrogen and oxygen atoms in total. The predicted molar refractivity (Wildman–Crippen MR) is 144 cm³/mol. The molecule has 0 radical (unpaired) electrons. The lowest BCUT2D eigenvalue weighted by Gasteiger charge is -2.26. The third-order valence-electron chi connectivity index (χ3n) is 7.04. The standard InChI is InChI=1S/C25H31BN6O5S/c1-16(2)32-13-11-22(29-32)38(27,36)30-25(34)28-24-20-5-3-4-17(20)6-8-21(24)18-7-9-23(33)31(14-18)19-10-12-26(35)37-15-19/h6-9,11,13-14,16,19,35H,3-5,10,12,15H2,1-2H3,(H3,27,28,30,34,36). The second kappa shape index (κ2) is 10.4. The molecule has 2 unspecified atom stereocenters. The van der Waals surface area contributed by atoms with Gasteiger partial charge in [0, 0.05) is 35.6 Å². The Labute approximate surface area is 221 Å². The highest BCUT2D eigenvalue weighted by molar-refractivity contribution is 7.91. The van der Waals surface area contributed by atoms with Crippen LogP contribution in [0.3, 0.4) is 0 Å². The molecule has 0 spiro atoms. The first-order valence-corrected chi connectivity index (χ1v) is 14.3. The van der Waals surface area contributed by atoms with Crippen LogP contribution in [0, 0.1) is 4.78 Å². The average Bonchev–Trinajstić information content (AvgIpc) is 3.56. The lowest BCUT2D eigenvalue weighted by Crippen LogP contribution is -2.35. The maximum atomic E-state index is 13.1. The van der Waals surface area contributed by atoms with Crippen LogP contribution < -0.4 is 15.6 Å². The molecule has 3 heterocycles. The molecule has 1 aliphatic carbocycles. The molecule has 3 aromatic rings. The van der Waals surface area contributed by atoms with Crippen molar-refractivity contribution in [1.82, 2.24) is 19.1 Å². The second-order valence-electron chi connectivity index (χ2n) is 10.0. The molecule has 1 aromatic carbocycles. The summed E-state index contributed by atoms with van der Waals surface area (Å²) in [6, 6.07) is 7.65. The van der Waals surface area contributed by atoms with Crippen LogP contribution in [0.4, 0.5) is 10.5 Å². The van der Waals surface area contributed by atoms with Crippen molar-refractivity contribution in [3.8, 4) is 11.1 Å². The molecular formula is C25H31BN6O5S. The number of hydrogen-bond acceptors (Lipinski definition) is 7. The Hall–Kier alpha value is -3.42. The SMILES string of the molecule is CC(C)n1ccc(S(=N)(=O)NC(=O)Nc2c(-c3ccc(=O)n(C4CCB(O)OC4)c3)ccc3c2CCC3)n1. The number of anilines is 1. The Morgan fingerprint density at radius 1 is 1.26 bits per heavy atom. The van der Waals surface area contributed by atoms with Gasteiger partial charge in [-0.05, 0) is 69.1 Å². The van der Waals surface area contributed by atoms with Gasteiger partial charge in [-0.1, -0.05) is 12.1 Å². The molecule has 4 N–H and O–H groups in total. The normalized spacial score (nSPS) is 18.7. The molecule has 1 saturated heterocycles. The average molecular weight is 538 g/mol. The highest BCUT2D eigenvalue weighted by Gasteiger charge is 2.27. The van der Waals surface area contributed by atoms with E-state index in [2.05, 4.69) is 15.1 Å². The summed E-state index contributed by atoms with van der Waals surface area (Å²) in [4.78, 5) is 25.7. The summed E-state index contributed by atoms with van der Waals surface area (Å²) in [6.45, 7) is 4.05. The number of rotatable bonds is 6. The van der Waals surface area contributed by atoms with Crippen LogP contribution in [0.15, 0.2) is 52.5 Å². The number of fused-ring (bicyclic) bond motifs is 1. The van der Waals surface area contributed by atoms with E-state index in [4.69, 9.17) is 9.43 Å². The topological polar surface area (TPSA) is 151 Å². The number of amides is 2. The summed E-state index contributed by atoms with van der Waals surface area (Å²) in [5, 5.41) is 16.7. The summed E-state index contributed by atoms with van der Waals surface area (Å²) >= 11 is 0. The van der Waals surface area contributed by atoms with Crippen molar-refractivity contribution < 1.29 is 18.7 Å². The summed E-state index contributed by atoms with van der Waals surface area (Å²) in [5.41, 5.74) is 3.94. The van der Waals surface area contributed by atoms with E-state index in [-0.39, 0.29) is 29.3 Å². The van der Waals surface area contributed by atoms with Gasteiger partial charge in [-0.2, -0.15) is 5.10 Å². The molecule has 0 saturated carbocycles. The van der Waals surface area contributed by atoms with Crippen LogP contribution in [0.25, 0.3) is 11.1 Å². The van der Waals surface area contributed by atoms with Crippen molar-refractivity contribution in [1.29, 1.82) is 4.78 Å². The van der Waals surface area contributed by atoms with Gasteiger partial charge in [0.25, 0.3) is 5.56 Å². The smallest absolute Gasteiger partial charge is 0.427 e. The van der Waals surface area contributed by atoms with Crippen molar-refractivity contribution in [2.45, 2.75) is 63.0 Å². The Kier molecular flexibility index (Phi) is 7.16. The van der Waals surface area contributed by atoms with E-state index in [1.165, 1.54) is 12.1 Å². The maximum Gasteiger partial charge on any atom is 0.454 e. The number of hydrogen-bond donors (Lipinski definition) is 4. The first-order chi connectivity index (χ1) is 18.1. The molecule has 0 bridgehead atoms. The molecule has 38 heavy (non-hydrogen) atoms. The predicted octanol–water partition coefficient (Wildman–Crippen LogP) is 3.37. The van der Waals surface area contributed by atoms with Gasteiger partial charge in [0.05, 0.1) is 18.3 Å². The molecule has 2 amide bonds. The maximum absolute atomic E-state index is 13.1. The summed E-state index contributed by atoms with van der Waals surface area (Å²) < 4.78 is 32.2. The van der Waals surface area contributed by atoms with Crippen LogP contribution >= 0.6 is 0 Å². The summed E-state index contributed by atoms with van der Waals surface area (Å²) in [6.07, 6.45) is 7.01. The van der Waals surface area contributed by atoms with Gasteiger partial charge in [-0.25, -0.2) is 18.5 Å². The van der Waals surface area contributed by atoms with E-state index >= 15 is 0 Å². The molecule has 2 aromatic heterocycles. The minimum Gasteiger partial charge on any atom is -0.427 e. The number of carbonyl (C=O) groups excluding carboxylic acids is 1. The highest BCUT2D eigenvalue weighted by atomic mass is 32.2. The van der Waals surface area contributed by atoms with Crippen molar-refractivity contribution >= 4 is 28.8 Å². The van der Waals surface area contributed by atoms with Crippen LogP contribution in [0.5, 0.6) is 0 Å². The van der Waals surface area contributed by atoms with Crippen LogP contribution in [-0.4, -0.2) is 43.3 Å². The quantitative estimate of drug-likeness (QED) is 0.354. The van der Waals surface area contributed by atoms with Crippen molar-refractivity contribution in [3.05, 3.63) is 64.2 Å². The molecule has 1 aliphatic heterocycles. The lowest BCUT2D eigenvalue weighted by atomic mass is 9.79. The minimum atomic E-state index is -3.69. The number of nitrogens with one attached hydrogen (secondary N) is 3. The van der Waals surface area contributed by atoms with Gasteiger partial charge in [-0.15, -0.1) is 0 Å². The van der Waals surface area contributed by atoms with Crippen molar-refractivity contribution in [3.63, 3.8) is 0 Å². The first kappa shape index (κ1) is 26.2. The van der Waals surface area contributed by atoms with E-state index in [1.54, 1.807) is 27.7 Å². The minimum absolute atomic E-state index is 0.0215. The van der Waals surface area contributed by atoms with Crippen LogP contribution in [0.1, 0.15) is 49.9 Å². The number of aryl methyl sites for hydroxylation is 1. The Morgan fingerprint density at radius 2 is 2.08 bits per heavy atom. The number of carbonyl (C=O) groups is 1. The Morgan fingerprint density at radius 3 is 2.79 bits per heavy atom. The lowest BCUT2D eigenvalue weighted by molar-refractivity contribution is 0.178. The van der Waals surface area contributed by atoms with E-state index in [1.807, 2.05) is 26.0 Å². The molecular weight excluding hydrogens is 507 g/mol. The molecule has 200 valence electrons. The Bertz CT molecular complexity index is 1530. The van der Waals surface area contributed by atoms with E-state index in [0.29, 0.717) is 24.0 Å². The third kappa shape index (κ3) is 5.26. The summed E-state index contributed by atoms with van der Waals surface area (Å²) in [7, 11) is -4.51. The van der Waals surface area contributed by atoms with E-state index in [0.717, 1.165) is 36.0 Å². The van der Waals surface area contributed by atoms with Gasteiger partial charge in [0.2, 0.25) is 0 Å². The third-order valence-corrected chi connectivity index (χ3v) is 8.32. The molecule has 5 rings (SSSR count). The molecule has 2 aliphatic rings. The number of pyridine rings is 1. The van der Waals surface area contributed by atoms with Gasteiger partial charge >= 0.3 is 13.1 Å². The first-order valence-electron chi connectivity index (χ1n) is 12.7. The van der Waals surface area contributed by atoms with Crippen molar-refractivity contribution in [2.24, 2.45) is 0 Å². The highest BCUT2D eigenvalue weighted by Crippen LogP contribution is 2.37. The second-order valence-corrected chi connectivity index (χ2v) is 11.7. The molecule has 2 atom stereocenters. The van der Waals surface area contributed by atoms with Crippen LogP contribution in [-0.2, 0) is 27.4 Å². The zero-order valence-corrected chi connectivity index (χ0v) is 22.2. The van der Waals surface area contributed by atoms with Gasteiger partial charge in [0.15, 0.2) is 14.9 Å². The number of aromatic nitrogens is 3. The monoisotopic (exact) mass is 538 g/mol. The number of nitrogens with zero attached hydrogens (tertiary/aromatic N) is 3. The van der Waals surface area contributed by atoms with E-state index in [9.17, 15) is 18.8 Å². The van der Waals surface area contributed by atoms with E-state index < -0.39 is 23.1 Å². The molecule has 13 heteroatoms. The zero-order valence-electron chi connectivity index (χ0n) is 21.3. The largest absolute Gasteiger partial charge is 0.454 e. The number of benzene rings is 1. The summed E-state index contributed by atoms with van der Waals surface area (Å²) in [5.74, 6) is 0. The van der Waals surface area contributed by atoms with Gasteiger partial charge < -0.3 is 19.6 Å². The fraction of sp³-hybridized carbons (Fsp3) is 0.400. The van der Waals surface area contributed by atoms with Gasteiger partial charge in [0.1, 0.15) is 0 Å². The fourth-order valence-electron chi connectivity index (χ4n) is 5.02. The molecule has 1 fully saturated rings.